The van der Waals surface area contributed by atoms with Gasteiger partial charge in [0.05, 0.1) is 5.69 Å². The molecule has 0 aliphatic heterocycles. The molecule has 2 nitrogen and oxygen atoms in total. The number of fused-ring (bicyclic) bond motifs is 3. The van der Waals surface area contributed by atoms with Gasteiger partial charge in [-0.1, -0.05) is 118 Å². The van der Waals surface area contributed by atoms with Crippen molar-refractivity contribution in [2.24, 2.45) is 5.92 Å². The summed E-state index contributed by atoms with van der Waals surface area (Å²) in [6.45, 7) is 18.6. The van der Waals surface area contributed by atoms with Gasteiger partial charge in [-0.2, -0.15) is 0 Å². The molecular formula is C43H45NO. The Balaban J connectivity index is 1.41. The summed E-state index contributed by atoms with van der Waals surface area (Å²) in [6, 6.07) is 27.1. The van der Waals surface area contributed by atoms with Crippen molar-refractivity contribution in [2.75, 3.05) is 4.90 Å². The van der Waals surface area contributed by atoms with Crippen molar-refractivity contribution < 1.29 is 4.42 Å². The lowest BCUT2D eigenvalue weighted by Crippen LogP contribution is -2.23. The van der Waals surface area contributed by atoms with Crippen molar-refractivity contribution in [3.05, 3.63) is 119 Å². The molecule has 2 heteroatoms. The van der Waals surface area contributed by atoms with Crippen LogP contribution < -0.4 is 10.1 Å². The summed E-state index contributed by atoms with van der Waals surface area (Å²) in [6.07, 6.45) is 9.13. The Hall–Kier alpha value is -4.30. The SMILES string of the molecule is C=C(CCC(=C)N(Cc1ccc2ccc(C)c3cc/c(=C/C)c1c23)c1cccc2c1oc1c(C3CCCC3)cccc12)C(C)C. The summed E-state index contributed by atoms with van der Waals surface area (Å²) >= 11 is 0. The van der Waals surface area contributed by atoms with Crippen molar-refractivity contribution in [1.82, 2.24) is 0 Å². The van der Waals surface area contributed by atoms with Crippen LogP contribution in [0.1, 0.15) is 81.9 Å². The molecule has 7 rings (SSSR count). The largest absolute Gasteiger partial charge is 0.454 e. The van der Waals surface area contributed by atoms with E-state index < -0.39 is 0 Å². The molecule has 0 spiro atoms. The molecule has 1 aliphatic rings. The molecule has 0 bridgehead atoms. The highest BCUT2D eigenvalue weighted by Gasteiger charge is 2.24. The number of hydrogen-bond donors (Lipinski definition) is 0. The zero-order valence-corrected chi connectivity index (χ0v) is 27.4. The monoisotopic (exact) mass is 591 g/mol. The number of benzene rings is 5. The van der Waals surface area contributed by atoms with E-state index in [2.05, 4.69) is 118 Å². The Morgan fingerprint density at radius 3 is 2.33 bits per heavy atom. The fourth-order valence-electron chi connectivity index (χ4n) is 7.63. The molecular weight excluding hydrogens is 546 g/mol. The molecule has 45 heavy (non-hydrogen) atoms. The molecule has 228 valence electrons. The van der Waals surface area contributed by atoms with Gasteiger partial charge in [0.25, 0.3) is 0 Å². The molecule has 1 fully saturated rings. The lowest BCUT2D eigenvalue weighted by atomic mass is 9.92. The van der Waals surface area contributed by atoms with Gasteiger partial charge in [-0.05, 0) is 101 Å². The van der Waals surface area contributed by atoms with Crippen LogP contribution in [0.2, 0.25) is 0 Å². The van der Waals surface area contributed by atoms with Crippen molar-refractivity contribution >= 4 is 55.2 Å². The van der Waals surface area contributed by atoms with Gasteiger partial charge in [-0.3, -0.25) is 0 Å². The number of allylic oxidation sites excluding steroid dienone is 2. The molecule has 1 saturated carbocycles. The first-order valence-electron chi connectivity index (χ1n) is 16.8. The molecule has 1 aromatic heterocycles. The van der Waals surface area contributed by atoms with Gasteiger partial charge in [-0.15, -0.1) is 0 Å². The van der Waals surface area contributed by atoms with Crippen LogP contribution in [0, 0.1) is 12.8 Å². The fourth-order valence-corrected chi connectivity index (χ4v) is 7.63. The molecule has 0 amide bonds. The van der Waals surface area contributed by atoms with Gasteiger partial charge in [0, 0.05) is 23.0 Å². The van der Waals surface area contributed by atoms with E-state index in [1.807, 2.05) is 0 Å². The first kappa shape index (κ1) is 29.4. The van der Waals surface area contributed by atoms with Crippen LogP contribution in [0.15, 0.2) is 102 Å². The molecule has 0 atom stereocenters. The zero-order valence-electron chi connectivity index (χ0n) is 27.4. The summed E-state index contributed by atoms with van der Waals surface area (Å²) < 4.78 is 6.95. The number of nitrogens with zero attached hydrogens (tertiary/aromatic N) is 1. The van der Waals surface area contributed by atoms with E-state index in [0.717, 1.165) is 35.4 Å². The van der Waals surface area contributed by atoms with Crippen LogP contribution >= 0.6 is 0 Å². The zero-order chi connectivity index (χ0) is 31.2. The third-order valence-corrected chi connectivity index (χ3v) is 10.4. The number of rotatable bonds is 9. The van der Waals surface area contributed by atoms with E-state index in [-0.39, 0.29) is 0 Å². The maximum absolute atomic E-state index is 6.95. The predicted molar refractivity (Wildman–Crippen MR) is 195 cm³/mol. The highest BCUT2D eigenvalue weighted by Crippen LogP contribution is 2.43. The lowest BCUT2D eigenvalue weighted by Gasteiger charge is -2.29. The van der Waals surface area contributed by atoms with Crippen LogP contribution in [0.4, 0.5) is 5.69 Å². The lowest BCUT2D eigenvalue weighted by molar-refractivity contribution is 0.640. The van der Waals surface area contributed by atoms with Crippen molar-refractivity contribution in [1.29, 1.82) is 0 Å². The van der Waals surface area contributed by atoms with E-state index in [4.69, 9.17) is 11.0 Å². The third kappa shape index (κ3) is 5.15. The fraction of sp³-hybridized carbons (Fsp3) is 0.302. The number of furan rings is 1. The van der Waals surface area contributed by atoms with E-state index in [1.165, 1.54) is 85.5 Å². The number of hydrogen-bond acceptors (Lipinski definition) is 2. The van der Waals surface area contributed by atoms with Crippen LogP contribution in [-0.2, 0) is 6.54 Å². The topological polar surface area (TPSA) is 16.4 Å². The van der Waals surface area contributed by atoms with Gasteiger partial charge < -0.3 is 9.32 Å². The van der Waals surface area contributed by atoms with Gasteiger partial charge in [0.1, 0.15) is 5.58 Å². The Morgan fingerprint density at radius 2 is 1.58 bits per heavy atom. The Morgan fingerprint density at radius 1 is 0.844 bits per heavy atom. The highest BCUT2D eigenvalue weighted by molar-refractivity contribution is 6.13. The molecule has 0 saturated heterocycles. The first-order valence-corrected chi connectivity index (χ1v) is 16.8. The maximum Gasteiger partial charge on any atom is 0.159 e. The third-order valence-electron chi connectivity index (χ3n) is 10.4. The average Bonchev–Trinajstić information content (AvgIpc) is 3.73. The molecule has 5 aromatic carbocycles. The summed E-state index contributed by atoms with van der Waals surface area (Å²) in [5.41, 5.74) is 9.45. The second-order valence-corrected chi connectivity index (χ2v) is 13.5. The summed E-state index contributed by atoms with van der Waals surface area (Å²) in [7, 11) is 0. The maximum atomic E-state index is 6.95. The first-order chi connectivity index (χ1) is 21.9. The minimum absolute atomic E-state index is 0.453. The van der Waals surface area contributed by atoms with E-state index in [9.17, 15) is 0 Å². The van der Waals surface area contributed by atoms with Gasteiger partial charge in [0.2, 0.25) is 0 Å². The van der Waals surface area contributed by atoms with Crippen LogP contribution in [-0.4, -0.2) is 0 Å². The van der Waals surface area contributed by atoms with Crippen molar-refractivity contribution in [3.63, 3.8) is 0 Å². The molecule has 0 N–H and O–H groups in total. The number of aryl methyl sites for hydroxylation is 1. The van der Waals surface area contributed by atoms with E-state index in [0.29, 0.717) is 18.4 Å². The van der Waals surface area contributed by atoms with Crippen LogP contribution in [0.5, 0.6) is 0 Å². The molecule has 6 aromatic rings. The minimum atomic E-state index is 0.453. The van der Waals surface area contributed by atoms with Gasteiger partial charge in [-0.25, -0.2) is 0 Å². The number of anilines is 1. The average molecular weight is 592 g/mol. The quantitative estimate of drug-likeness (QED) is 0.156. The van der Waals surface area contributed by atoms with Crippen LogP contribution in [0.3, 0.4) is 0 Å². The predicted octanol–water partition coefficient (Wildman–Crippen LogP) is 11.9. The molecule has 1 heterocycles. The number of para-hydroxylation sites is 2. The van der Waals surface area contributed by atoms with Gasteiger partial charge >= 0.3 is 0 Å². The second kappa shape index (κ2) is 11.9. The van der Waals surface area contributed by atoms with Gasteiger partial charge in [0.15, 0.2) is 5.58 Å². The summed E-state index contributed by atoms with van der Waals surface area (Å²) in [5, 5.41) is 8.98. The highest BCUT2D eigenvalue weighted by atomic mass is 16.3. The minimum Gasteiger partial charge on any atom is -0.454 e. The molecule has 0 radical (unpaired) electrons. The van der Waals surface area contributed by atoms with Crippen molar-refractivity contribution in [3.8, 4) is 0 Å². The molecule has 0 unspecified atom stereocenters. The smallest absolute Gasteiger partial charge is 0.159 e. The Bertz CT molecular complexity index is 2140. The van der Waals surface area contributed by atoms with E-state index >= 15 is 0 Å². The normalized spacial score (nSPS) is 14.6. The second-order valence-electron chi connectivity index (χ2n) is 13.5. The van der Waals surface area contributed by atoms with Crippen LogP contribution in [0.25, 0.3) is 49.6 Å². The van der Waals surface area contributed by atoms with E-state index in [1.54, 1.807) is 0 Å². The standard InChI is InChI=1S/C43H45NO/c1-7-31-24-25-35-29(5)19-21-33-22-23-34(40(31)41(33)35)26-44(30(6)20-18-28(4)27(2)3)39-17-11-16-38-37-15-10-14-36(32-12-8-9-13-32)42(37)45-43(38)39/h7,10-11,14-17,19,21-25,27,32H,4,6,8-9,12-13,18,20,26H2,1-3,5H3/b31-7-. The summed E-state index contributed by atoms with van der Waals surface area (Å²) in [5.74, 6) is 1.04. The molecule has 1 aliphatic carbocycles. The Kier molecular flexibility index (Phi) is 7.78. The van der Waals surface area contributed by atoms with Crippen molar-refractivity contribution in [2.45, 2.75) is 78.7 Å². The summed E-state index contributed by atoms with van der Waals surface area (Å²) in [4.78, 5) is 2.42. The Labute approximate surface area is 267 Å².